The van der Waals surface area contributed by atoms with Crippen molar-refractivity contribution in [3.8, 4) is 5.75 Å². The van der Waals surface area contributed by atoms with Crippen molar-refractivity contribution < 1.29 is 14.8 Å². The molecule has 0 spiro atoms. The number of hydrogen-bond donors (Lipinski definition) is 1. The molecule has 7 nitrogen and oxygen atoms in total. The van der Waals surface area contributed by atoms with Crippen LogP contribution in [0.5, 0.6) is 5.75 Å². The number of hydrogen-bond acceptors (Lipinski definition) is 6. The molecule has 0 aliphatic heterocycles. The van der Waals surface area contributed by atoms with Gasteiger partial charge in [-0.15, -0.1) is 0 Å². The molecule has 2 aromatic rings. The molecule has 2 rings (SSSR count). The monoisotopic (exact) mass is 309 g/mol. The number of aliphatic hydroxyl groups excluding tert-OH is 1. The predicted molar refractivity (Wildman–Crippen MR) is 78.3 cm³/mol. The number of benzene rings is 1. The van der Waals surface area contributed by atoms with Crippen molar-refractivity contribution in [3.63, 3.8) is 0 Å². The quantitative estimate of drug-likeness (QED) is 0.499. The second kappa shape index (κ2) is 6.59. The van der Waals surface area contributed by atoms with Crippen LogP contribution in [0.1, 0.15) is 11.3 Å². The maximum atomic E-state index is 10.8. The lowest BCUT2D eigenvalue weighted by Crippen LogP contribution is -1.98. The molecule has 0 saturated heterocycles. The Morgan fingerprint density at radius 2 is 2.29 bits per heavy atom. The molecule has 0 aliphatic carbocycles. The molecule has 0 amide bonds. The molecular formula is C13H15N3O4S. The van der Waals surface area contributed by atoms with Crippen LogP contribution in [0.2, 0.25) is 0 Å². The number of rotatable bonds is 6. The minimum Gasteiger partial charge on any atom is -0.496 e. The van der Waals surface area contributed by atoms with Gasteiger partial charge in [0.1, 0.15) is 5.75 Å². The van der Waals surface area contributed by atoms with Gasteiger partial charge in [-0.25, -0.2) is 4.98 Å². The SMILES string of the molecule is COc1ccc([N+](=O)[O-])cc1CSc1ncc(CO)n1C. The maximum absolute atomic E-state index is 10.8. The van der Waals surface area contributed by atoms with Crippen LogP contribution in [-0.4, -0.2) is 26.7 Å². The van der Waals surface area contributed by atoms with Crippen molar-refractivity contribution in [2.45, 2.75) is 17.5 Å². The van der Waals surface area contributed by atoms with Gasteiger partial charge in [-0.05, 0) is 6.07 Å². The van der Waals surface area contributed by atoms with Crippen LogP contribution in [0.25, 0.3) is 0 Å². The topological polar surface area (TPSA) is 90.4 Å². The van der Waals surface area contributed by atoms with Crippen molar-refractivity contribution in [1.29, 1.82) is 0 Å². The van der Waals surface area contributed by atoms with Gasteiger partial charge in [0, 0.05) is 30.5 Å². The van der Waals surface area contributed by atoms with E-state index in [1.807, 2.05) is 7.05 Å². The van der Waals surface area contributed by atoms with Gasteiger partial charge in [-0.3, -0.25) is 10.1 Å². The van der Waals surface area contributed by atoms with Crippen molar-refractivity contribution in [1.82, 2.24) is 9.55 Å². The average molecular weight is 309 g/mol. The van der Waals surface area contributed by atoms with Crippen LogP contribution < -0.4 is 4.74 Å². The Labute approximate surface area is 125 Å². The summed E-state index contributed by atoms with van der Waals surface area (Å²) in [7, 11) is 3.34. The molecule has 1 N–H and O–H groups in total. The lowest BCUT2D eigenvalue weighted by Gasteiger charge is -2.08. The lowest BCUT2D eigenvalue weighted by atomic mass is 10.2. The van der Waals surface area contributed by atoms with Gasteiger partial charge < -0.3 is 14.4 Å². The molecule has 1 aromatic carbocycles. The van der Waals surface area contributed by atoms with E-state index >= 15 is 0 Å². The first kappa shape index (κ1) is 15.3. The molecule has 0 aliphatic rings. The Kier molecular flexibility index (Phi) is 4.81. The summed E-state index contributed by atoms with van der Waals surface area (Å²) in [5, 5.41) is 20.7. The first-order valence-electron chi connectivity index (χ1n) is 6.12. The zero-order valence-electron chi connectivity index (χ0n) is 11.6. The molecule has 1 heterocycles. The second-order valence-corrected chi connectivity index (χ2v) is 5.23. The van der Waals surface area contributed by atoms with Crippen LogP contribution in [0.4, 0.5) is 5.69 Å². The molecule has 0 saturated carbocycles. The minimum absolute atomic E-state index is 0.0299. The fraction of sp³-hybridized carbons (Fsp3) is 0.308. The van der Waals surface area contributed by atoms with E-state index in [1.165, 1.54) is 31.0 Å². The highest BCUT2D eigenvalue weighted by molar-refractivity contribution is 7.98. The third-order valence-corrected chi connectivity index (χ3v) is 4.13. The lowest BCUT2D eigenvalue weighted by molar-refractivity contribution is -0.384. The molecule has 112 valence electrons. The normalized spacial score (nSPS) is 10.6. The smallest absolute Gasteiger partial charge is 0.270 e. The average Bonchev–Trinajstić information content (AvgIpc) is 2.85. The van der Waals surface area contributed by atoms with Gasteiger partial charge in [0.15, 0.2) is 5.16 Å². The maximum Gasteiger partial charge on any atom is 0.270 e. The van der Waals surface area contributed by atoms with Gasteiger partial charge >= 0.3 is 0 Å². The number of nitro groups is 1. The summed E-state index contributed by atoms with van der Waals surface area (Å²) in [6, 6.07) is 4.50. The molecular weight excluding hydrogens is 294 g/mol. The number of methoxy groups -OCH3 is 1. The molecule has 0 fully saturated rings. The van der Waals surface area contributed by atoms with E-state index in [9.17, 15) is 10.1 Å². The zero-order chi connectivity index (χ0) is 15.4. The van der Waals surface area contributed by atoms with Crippen LogP contribution in [0.3, 0.4) is 0 Å². The van der Waals surface area contributed by atoms with Gasteiger partial charge in [0.2, 0.25) is 0 Å². The van der Waals surface area contributed by atoms with Crippen LogP contribution >= 0.6 is 11.8 Å². The molecule has 0 radical (unpaired) electrons. The first-order chi connectivity index (χ1) is 10.1. The van der Waals surface area contributed by atoms with Crippen molar-refractivity contribution >= 4 is 17.4 Å². The second-order valence-electron chi connectivity index (χ2n) is 4.29. The summed E-state index contributed by atoms with van der Waals surface area (Å²) in [4.78, 5) is 14.6. The summed E-state index contributed by atoms with van der Waals surface area (Å²) < 4.78 is 7.01. The number of non-ortho nitro benzene ring substituents is 1. The van der Waals surface area contributed by atoms with Gasteiger partial charge in [0.05, 0.1) is 30.5 Å². The number of nitro benzene ring substituents is 1. The molecule has 21 heavy (non-hydrogen) atoms. The fourth-order valence-electron chi connectivity index (χ4n) is 1.84. The predicted octanol–water partition coefficient (Wildman–Crippen LogP) is 2.12. The van der Waals surface area contributed by atoms with E-state index < -0.39 is 4.92 Å². The van der Waals surface area contributed by atoms with E-state index in [0.29, 0.717) is 17.2 Å². The molecule has 0 atom stereocenters. The van der Waals surface area contributed by atoms with Crippen molar-refractivity contribution in [2.24, 2.45) is 7.05 Å². The highest BCUT2D eigenvalue weighted by Gasteiger charge is 2.13. The van der Waals surface area contributed by atoms with Crippen LogP contribution in [-0.2, 0) is 19.4 Å². The Bertz CT molecular complexity index is 657. The highest BCUT2D eigenvalue weighted by Crippen LogP contribution is 2.30. The summed E-state index contributed by atoms with van der Waals surface area (Å²) in [5.41, 5.74) is 1.47. The van der Waals surface area contributed by atoms with Gasteiger partial charge in [0.25, 0.3) is 5.69 Å². The van der Waals surface area contributed by atoms with Crippen LogP contribution in [0, 0.1) is 10.1 Å². The summed E-state index contributed by atoms with van der Waals surface area (Å²) >= 11 is 1.42. The third-order valence-electron chi connectivity index (χ3n) is 3.04. The minimum atomic E-state index is -0.432. The largest absolute Gasteiger partial charge is 0.496 e. The third kappa shape index (κ3) is 3.34. The molecule has 0 bridgehead atoms. The Hall–Kier alpha value is -2.06. The number of ether oxygens (including phenoxy) is 1. The Morgan fingerprint density at radius 1 is 1.52 bits per heavy atom. The summed E-state index contributed by atoms with van der Waals surface area (Å²) in [6.45, 7) is -0.0792. The molecule has 1 aromatic heterocycles. The number of aromatic nitrogens is 2. The van der Waals surface area contributed by atoms with Gasteiger partial charge in [-0.1, -0.05) is 11.8 Å². The van der Waals surface area contributed by atoms with E-state index in [1.54, 1.807) is 16.8 Å². The van der Waals surface area contributed by atoms with E-state index in [4.69, 9.17) is 9.84 Å². The van der Waals surface area contributed by atoms with Crippen LogP contribution in [0.15, 0.2) is 29.6 Å². The number of nitrogens with zero attached hydrogens (tertiary/aromatic N) is 3. The van der Waals surface area contributed by atoms with E-state index in [-0.39, 0.29) is 12.3 Å². The molecule has 8 heteroatoms. The van der Waals surface area contributed by atoms with E-state index in [2.05, 4.69) is 4.98 Å². The molecule has 0 unspecified atom stereocenters. The van der Waals surface area contributed by atoms with E-state index in [0.717, 1.165) is 10.7 Å². The van der Waals surface area contributed by atoms with Gasteiger partial charge in [-0.2, -0.15) is 0 Å². The Balaban J connectivity index is 2.20. The highest BCUT2D eigenvalue weighted by atomic mass is 32.2. The van der Waals surface area contributed by atoms with Crippen molar-refractivity contribution in [3.05, 3.63) is 45.8 Å². The summed E-state index contributed by atoms with van der Waals surface area (Å²) in [5.74, 6) is 1.09. The number of thioether (sulfide) groups is 1. The zero-order valence-corrected chi connectivity index (χ0v) is 12.5. The Morgan fingerprint density at radius 3 is 2.86 bits per heavy atom. The standard InChI is InChI=1S/C13H15N3O4S/c1-15-11(7-17)6-14-13(15)21-8-9-5-10(16(18)19)3-4-12(9)20-2/h3-6,17H,7-8H2,1-2H3. The summed E-state index contributed by atoms with van der Waals surface area (Å²) in [6.07, 6.45) is 1.60. The fourth-order valence-corrected chi connectivity index (χ4v) is 2.79. The van der Waals surface area contributed by atoms with Crippen molar-refractivity contribution in [2.75, 3.05) is 7.11 Å². The number of aliphatic hydroxyl groups is 1. The first-order valence-corrected chi connectivity index (χ1v) is 7.11. The number of imidazole rings is 1.